The average Bonchev–Trinajstić information content (AvgIpc) is 3.09. The number of aryl methyl sites for hydroxylation is 1. The van der Waals surface area contributed by atoms with E-state index in [4.69, 9.17) is 14.2 Å². The van der Waals surface area contributed by atoms with Crippen LogP contribution in [-0.2, 0) is 30.2 Å². The lowest BCUT2D eigenvalue weighted by molar-refractivity contribution is -0.152. The van der Waals surface area contributed by atoms with Crippen LogP contribution in [0.1, 0.15) is 29.7 Å². The summed E-state index contributed by atoms with van der Waals surface area (Å²) in [4.78, 5) is 23.4. The topological polar surface area (TPSA) is 61.8 Å². The number of rotatable bonds is 2. The number of hydrogen-bond donors (Lipinski definition) is 0. The zero-order valence-electron chi connectivity index (χ0n) is 12.9. The molecule has 3 aliphatic rings. The van der Waals surface area contributed by atoms with E-state index in [0.717, 1.165) is 12.0 Å². The van der Waals surface area contributed by atoms with Gasteiger partial charge in [0.15, 0.2) is 0 Å². The van der Waals surface area contributed by atoms with Gasteiger partial charge in [0, 0.05) is 17.6 Å². The highest BCUT2D eigenvalue weighted by atomic mass is 16.7. The van der Waals surface area contributed by atoms with E-state index < -0.39 is 12.3 Å². The van der Waals surface area contributed by atoms with E-state index in [1.54, 1.807) is 13.0 Å². The Bertz CT molecular complexity index is 774. The maximum absolute atomic E-state index is 12.1. The summed E-state index contributed by atoms with van der Waals surface area (Å²) in [6.07, 6.45) is 2.72. The maximum atomic E-state index is 12.1. The molecule has 0 N–H and O–H groups in total. The number of carbonyl (C=O) groups excluding carboxylic acids is 2. The molecule has 1 saturated heterocycles. The van der Waals surface area contributed by atoms with E-state index in [0.29, 0.717) is 11.1 Å². The van der Waals surface area contributed by atoms with Crippen LogP contribution in [0.4, 0.5) is 0 Å². The number of hydrogen-bond acceptors (Lipinski definition) is 5. The molecule has 0 radical (unpaired) electrons. The van der Waals surface area contributed by atoms with Crippen LogP contribution in [0.2, 0.25) is 0 Å². The van der Waals surface area contributed by atoms with Crippen molar-refractivity contribution < 1.29 is 23.8 Å². The molecule has 5 heteroatoms. The largest absolute Gasteiger partial charge is 0.458 e. The van der Waals surface area contributed by atoms with Gasteiger partial charge < -0.3 is 14.2 Å². The van der Waals surface area contributed by atoms with Gasteiger partial charge in [0.05, 0.1) is 11.8 Å². The quantitative estimate of drug-likeness (QED) is 0.477. The van der Waals surface area contributed by atoms with Gasteiger partial charge in [-0.15, -0.1) is 0 Å². The molecule has 3 atom stereocenters. The predicted molar refractivity (Wildman–Crippen MR) is 80.0 cm³/mol. The molecule has 4 rings (SSSR count). The van der Waals surface area contributed by atoms with Crippen LogP contribution in [0.3, 0.4) is 0 Å². The number of ether oxygens (including phenoxy) is 3. The Balaban J connectivity index is 1.56. The summed E-state index contributed by atoms with van der Waals surface area (Å²) in [6, 6.07) is 6.18. The van der Waals surface area contributed by atoms with Crippen molar-refractivity contribution in [2.45, 2.75) is 32.7 Å². The van der Waals surface area contributed by atoms with Gasteiger partial charge in [0.1, 0.15) is 6.10 Å². The van der Waals surface area contributed by atoms with Gasteiger partial charge in [0.2, 0.25) is 0 Å². The lowest BCUT2D eigenvalue weighted by Gasteiger charge is -2.09. The van der Waals surface area contributed by atoms with Crippen molar-refractivity contribution in [2.75, 3.05) is 0 Å². The van der Waals surface area contributed by atoms with E-state index in [1.165, 1.54) is 17.4 Å². The molecule has 1 fully saturated rings. The summed E-state index contributed by atoms with van der Waals surface area (Å²) in [7, 11) is 0. The fourth-order valence-electron chi connectivity index (χ4n) is 3.35. The Kier molecular flexibility index (Phi) is 3.04. The zero-order valence-corrected chi connectivity index (χ0v) is 12.9. The second kappa shape index (κ2) is 4.98. The molecular formula is C18H16O5. The fraction of sp³-hybridized carbons (Fsp3) is 0.333. The number of cyclic esters (lactones) is 1. The number of carbonyl (C=O) groups is 2. The van der Waals surface area contributed by atoms with Crippen molar-refractivity contribution in [2.24, 2.45) is 5.92 Å². The highest BCUT2D eigenvalue weighted by Crippen LogP contribution is 2.48. The minimum absolute atomic E-state index is 0.0403. The van der Waals surface area contributed by atoms with Gasteiger partial charge in [-0.25, -0.2) is 9.59 Å². The molecule has 0 bridgehead atoms. The molecule has 118 valence electrons. The summed E-state index contributed by atoms with van der Waals surface area (Å²) in [5, 5.41) is 0. The molecule has 1 aromatic rings. The summed E-state index contributed by atoms with van der Waals surface area (Å²) < 4.78 is 16.0. The molecule has 0 aromatic heterocycles. The molecule has 5 nitrogen and oxygen atoms in total. The monoisotopic (exact) mass is 312 g/mol. The van der Waals surface area contributed by atoms with Gasteiger partial charge in [-0.3, -0.25) is 0 Å². The Hall–Kier alpha value is -2.56. The SMILES string of the molecule is CC1=C[C@H](O/C=C2/C(=O)O[C@H]3c4ccc(C)cc4C[C@@H]23)OC1=O. The van der Waals surface area contributed by atoms with Crippen LogP contribution in [0.25, 0.3) is 0 Å². The van der Waals surface area contributed by atoms with Crippen LogP contribution in [-0.4, -0.2) is 18.2 Å². The Morgan fingerprint density at radius 3 is 2.74 bits per heavy atom. The van der Waals surface area contributed by atoms with Crippen molar-refractivity contribution in [3.05, 3.63) is 58.4 Å². The summed E-state index contributed by atoms with van der Waals surface area (Å²) in [5.41, 5.74) is 4.47. The highest BCUT2D eigenvalue weighted by Gasteiger charge is 2.46. The van der Waals surface area contributed by atoms with E-state index in [2.05, 4.69) is 6.07 Å². The first-order chi connectivity index (χ1) is 11.0. The van der Waals surface area contributed by atoms with Gasteiger partial charge in [-0.05, 0) is 31.4 Å². The third-order valence-corrected chi connectivity index (χ3v) is 4.54. The third kappa shape index (κ3) is 2.23. The molecule has 23 heavy (non-hydrogen) atoms. The minimum Gasteiger partial charge on any atom is -0.458 e. The van der Waals surface area contributed by atoms with Crippen LogP contribution in [0.5, 0.6) is 0 Å². The molecule has 2 aliphatic heterocycles. The van der Waals surface area contributed by atoms with E-state index >= 15 is 0 Å². The summed E-state index contributed by atoms with van der Waals surface area (Å²) in [5.74, 6) is -0.804. The molecule has 0 amide bonds. The first-order valence-corrected chi connectivity index (χ1v) is 7.58. The maximum Gasteiger partial charge on any atom is 0.338 e. The number of benzene rings is 1. The lowest BCUT2D eigenvalue weighted by Crippen LogP contribution is -2.11. The lowest BCUT2D eigenvalue weighted by atomic mass is 9.98. The molecule has 1 aromatic carbocycles. The highest BCUT2D eigenvalue weighted by molar-refractivity contribution is 5.92. The molecule has 0 unspecified atom stereocenters. The van der Waals surface area contributed by atoms with Crippen LogP contribution >= 0.6 is 0 Å². The van der Waals surface area contributed by atoms with E-state index in [-0.39, 0.29) is 18.0 Å². The first-order valence-electron chi connectivity index (χ1n) is 7.58. The van der Waals surface area contributed by atoms with Crippen LogP contribution in [0.15, 0.2) is 41.7 Å². The molecule has 2 heterocycles. The number of esters is 2. The minimum atomic E-state index is -0.770. The smallest absolute Gasteiger partial charge is 0.338 e. The standard InChI is InChI=1S/C18H16O5/c1-9-3-4-12-11(5-9)7-13-14(18(20)23-16(12)13)8-21-15-6-10(2)17(19)22-15/h3-6,8,13,15-16H,7H2,1-2H3/b14-8+/t13-,15+,16-/m0/s1. The van der Waals surface area contributed by atoms with Crippen molar-refractivity contribution in [1.29, 1.82) is 0 Å². The average molecular weight is 312 g/mol. The third-order valence-electron chi connectivity index (χ3n) is 4.54. The van der Waals surface area contributed by atoms with Crippen molar-refractivity contribution in [3.63, 3.8) is 0 Å². The Morgan fingerprint density at radius 1 is 1.17 bits per heavy atom. The summed E-state index contributed by atoms with van der Waals surface area (Å²) >= 11 is 0. The van der Waals surface area contributed by atoms with E-state index in [9.17, 15) is 9.59 Å². The molecular weight excluding hydrogens is 296 g/mol. The second-order valence-electron chi connectivity index (χ2n) is 6.17. The van der Waals surface area contributed by atoms with E-state index in [1.807, 2.05) is 19.1 Å². The van der Waals surface area contributed by atoms with Crippen LogP contribution < -0.4 is 0 Å². The van der Waals surface area contributed by atoms with Gasteiger partial charge in [-0.2, -0.15) is 0 Å². The first kappa shape index (κ1) is 14.1. The van der Waals surface area contributed by atoms with Gasteiger partial charge >= 0.3 is 11.9 Å². The fourth-order valence-corrected chi connectivity index (χ4v) is 3.35. The van der Waals surface area contributed by atoms with Gasteiger partial charge in [-0.1, -0.05) is 23.8 Å². The molecule has 1 aliphatic carbocycles. The zero-order chi connectivity index (χ0) is 16.1. The van der Waals surface area contributed by atoms with Crippen molar-refractivity contribution in [1.82, 2.24) is 0 Å². The summed E-state index contributed by atoms with van der Waals surface area (Å²) in [6.45, 7) is 3.71. The number of fused-ring (bicyclic) bond motifs is 3. The van der Waals surface area contributed by atoms with Crippen molar-refractivity contribution in [3.8, 4) is 0 Å². The molecule has 0 saturated carbocycles. The molecule has 0 spiro atoms. The normalized spacial score (nSPS) is 29.9. The second-order valence-corrected chi connectivity index (χ2v) is 6.17. The Morgan fingerprint density at radius 2 is 2.00 bits per heavy atom. The Labute approximate surface area is 133 Å². The van der Waals surface area contributed by atoms with Crippen molar-refractivity contribution >= 4 is 11.9 Å². The van der Waals surface area contributed by atoms with Gasteiger partial charge in [0.25, 0.3) is 6.29 Å². The van der Waals surface area contributed by atoms with Crippen LogP contribution in [0, 0.1) is 12.8 Å². The predicted octanol–water partition coefficient (Wildman–Crippen LogP) is 2.49.